The van der Waals surface area contributed by atoms with Crippen LogP contribution >= 0.6 is 0 Å². The van der Waals surface area contributed by atoms with Crippen LogP contribution in [0.15, 0.2) is 24.3 Å². The number of aliphatic hydroxyl groups is 1. The molecule has 0 spiro atoms. The fraction of sp³-hybridized carbons (Fsp3) is 0.714. The molecular weight excluding hydrogens is 353 g/mol. The minimum atomic E-state index is -4.36. The van der Waals surface area contributed by atoms with Crippen LogP contribution in [0.1, 0.15) is 55.6 Å². The molecule has 6 heteroatoms. The Bertz CT molecular complexity index is 626. The van der Waals surface area contributed by atoms with Crippen molar-refractivity contribution in [2.45, 2.75) is 62.3 Å². The van der Waals surface area contributed by atoms with E-state index < -0.39 is 17.3 Å². The average Bonchev–Trinajstić information content (AvgIpc) is 3.09. The molecule has 3 rings (SSSR count). The molecule has 1 N–H and O–H groups in total. The van der Waals surface area contributed by atoms with Gasteiger partial charge in [0.25, 0.3) is 0 Å². The summed E-state index contributed by atoms with van der Waals surface area (Å²) in [6, 6.07) is 6.06. The van der Waals surface area contributed by atoms with Crippen LogP contribution < -0.4 is 0 Å². The predicted molar refractivity (Wildman–Crippen MR) is 101 cm³/mol. The third-order valence-corrected chi connectivity index (χ3v) is 6.40. The molecule has 1 saturated carbocycles. The van der Waals surface area contributed by atoms with E-state index in [2.05, 4.69) is 23.9 Å². The second-order valence-corrected chi connectivity index (χ2v) is 8.51. The molecule has 0 radical (unpaired) electrons. The molecule has 2 fully saturated rings. The molecule has 1 saturated heterocycles. The summed E-state index contributed by atoms with van der Waals surface area (Å²) in [5, 5.41) is 11.4. The van der Waals surface area contributed by atoms with Crippen LogP contribution in [0.2, 0.25) is 0 Å². The maximum atomic E-state index is 13.2. The first-order chi connectivity index (χ1) is 12.7. The van der Waals surface area contributed by atoms with E-state index in [1.165, 1.54) is 12.1 Å². The van der Waals surface area contributed by atoms with Gasteiger partial charge in [-0.1, -0.05) is 37.5 Å². The highest BCUT2D eigenvalue weighted by molar-refractivity contribution is 5.31. The Balaban J connectivity index is 1.87. The first kappa shape index (κ1) is 20.6. The molecule has 0 amide bonds. The summed E-state index contributed by atoms with van der Waals surface area (Å²) in [7, 11) is 4.13. The Morgan fingerprint density at radius 2 is 1.93 bits per heavy atom. The summed E-state index contributed by atoms with van der Waals surface area (Å²) in [5.41, 5.74) is -0.932. The van der Waals surface area contributed by atoms with Gasteiger partial charge >= 0.3 is 6.18 Å². The molecule has 27 heavy (non-hydrogen) atoms. The predicted octanol–water partition coefficient (Wildman–Crippen LogP) is 4.12. The van der Waals surface area contributed by atoms with E-state index in [9.17, 15) is 18.3 Å². The van der Waals surface area contributed by atoms with Crippen molar-refractivity contribution >= 4 is 0 Å². The number of likely N-dealkylation sites (tertiary alicyclic amines) is 1. The average molecular weight is 384 g/mol. The van der Waals surface area contributed by atoms with E-state index >= 15 is 0 Å². The first-order valence-electron chi connectivity index (χ1n) is 9.97. The van der Waals surface area contributed by atoms with Crippen LogP contribution in [-0.2, 0) is 6.18 Å². The monoisotopic (exact) mass is 384 g/mol. The number of benzene rings is 1. The van der Waals surface area contributed by atoms with Gasteiger partial charge in [-0.05, 0) is 51.5 Å². The van der Waals surface area contributed by atoms with Crippen LogP contribution in [0.4, 0.5) is 13.2 Å². The Kier molecular flexibility index (Phi) is 6.18. The molecule has 152 valence electrons. The number of hydrogen-bond donors (Lipinski definition) is 1. The van der Waals surface area contributed by atoms with Crippen molar-refractivity contribution in [3.8, 4) is 0 Å². The molecule has 2 aliphatic rings. The van der Waals surface area contributed by atoms with E-state index in [1.54, 1.807) is 6.07 Å². The lowest BCUT2D eigenvalue weighted by molar-refractivity contribution is -0.137. The normalized spacial score (nSPS) is 25.1. The standard InChI is InChI=1S/C21H31F3N2O/c1-25(2)18-9-12-26(14-18)15-19(20(27)10-4-3-5-11-20)16-7-6-8-17(13-16)21(22,23)24/h6-8,13,18-19,27H,3-5,9-12,14-15H2,1-2H3/t18-,19?/m1/s1. The quantitative estimate of drug-likeness (QED) is 0.827. The summed E-state index contributed by atoms with van der Waals surface area (Å²) in [6.45, 7) is 2.44. The van der Waals surface area contributed by atoms with E-state index in [1.807, 2.05) is 0 Å². The summed E-state index contributed by atoms with van der Waals surface area (Å²) in [5.74, 6) is -0.291. The van der Waals surface area contributed by atoms with Crippen molar-refractivity contribution in [2.75, 3.05) is 33.7 Å². The minimum Gasteiger partial charge on any atom is -0.389 e. The number of rotatable bonds is 5. The lowest BCUT2D eigenvalue weighted by Gasteiger charge is -2.41. The molecule has 0 aromatic heterocycles. The number of likely N-dealkylation sites (N-methyl/N-ethyl adjacent to an activating group) is 1. The zero-order valence-electron chi connectivity index (χ0n) is 16.3. The fourth-order valence-electron chi connectivity index (χ4n) is 4.69. The van der Waals surface area contributed by atoms with E-state index in [-0.39, 0.29) is 5.92 Å². The van der Waals surface area contributed by atoms with Gasteiger partial charge in [0.15, 0.2) is 0 Å². The highest BCUT2D eigenvalue weighted by Crippen LogP contribution is 2.42. The lowest BCUT2D eigenvalue weighted by Crippen LogP contribution is -2.44. The second kappa shape index (κ2) is 8.10. The molecule has 1 aliphatic carbocycles. The molecule has 0 bridgehead atoms. The van der Waals surface area contributed by atoms with Crippen LogP contribution in [0, 0.1) is 0 Å². The van der Waals surface area contributed by atoms with Crippen molar-refractivity contribution in [1.82, 2.24) is 9.80 Å². The molecule has 1 aliphatic heterocycles. The largest absolute Gasteiger partial charge is 0.416 e. The van der Waals surface area contributed by atoms with Crippen LogP contribution in [0.3, 0.4) is 0 Å². The zero-order valence-corrected chi connectivity index (χ0v) is 16.3. The van der Waals surface area contributed by atoms with Crippen LogP contribution in [0.5, 0.6) is 0 Å². The number of halogens is 3. The summed E-state index contributed by atoms with van der Waals surface area (Å²) >= 11 is 0. The van der Waals surface area contributed by atoms with Gasteiger partial charge in [0, 0.05) is 25.0 Å². The van der Waals surface area contributed by atoms with Gasteiger partial charge in [-0.2, -0.15) is 13.2 Å². The molecule has 1 heterocycles. The number of hydrogen-bond acceptors (Lipinski definition) is 3. The van der Waals surface area contributed by atoms with Crippen molar-refractivity contribution in [1.29, 1.82) is 0 Å². The highest BCUT2D eigenvalue weighted by atomic mass is 19.4. The fourth-order valence-corrected chi connectivity index (χ4v) is 4.69. The van der Waals surface area contributed by atoms with Gasteiger partial charge in [-0.3, -0.25) is 0 Å². The third-order valence-electron chi connectivity index (χ3n) is 6.40. The second-order valence-electron chi connectivity index (χ2n) is 8.51. The molecule has 1 unspecified atom stereocenters. The van der Waals surface area contributed by atoms with Crippen LogP contribution in [-0.4, -0.2) is 60.3 Å². The smallest absolute Gasteiger partial charge is 0.389 e. The molecular formula is C21H31F3N2O. The topological polar surface area (TPSA) is 26.7 Å². The third kappa shape index (κ3) is 4.84. The van der Waals surface area contributed by atoms with Crippen molar-refractivity contribution in [3.05, 3.63) is 35.4 Å². The Labute approximate surface area is 160 Å². The van der Waals surface area contributed by atoms with Gasteiger partial charge < -0.3 is 14.9 Å². The first-order valence-corrected chi connectivity index (χ1v) is 9.97. The molecule has 1 aromatic rings. The van der Waals surface area contributed by atoms with Gasteiger partial charge in [-0.15, -0.1) is 0 Å². The van der Waals surface area contributed by atoms with Gasteiger partial charge in [0.05, 0.1) is 11.2 Å². The maximum absolute atomic E-state index is 13.2. The van der Waals surface area contributed by atoms with Gasteiger partial charge in [0.2, 0.25) is 0 Å². The highest BCUT2D eigenvalue weighted by Gasteiger charge is 2.41. The zero-order chi connectivity index (χ0) is 19.7. The van der Waals surface area contributed by atoms with E-state index in [4.69, 9.17) is 0 Å². The lowest BCUT2D eigenvalue weighted by atomic mass is 9.72. The van der Waals surface area contributed by atoms with Gasteiger partial charge in [-0.25, -0.2) is 0 Å². The maximum Gasteiger partial charge on any atom is 0.416 e. The Hall–Kier alpha value is -1.11. The Morgan fingerprint density at radius 3 is 2.52 bits per heavy atom. The van der Waals surface area contributed by atoms with Gasteiger partial charge in [0.1, 0.15) is 0 Å². The van der Waals surface area contributed by atoms with Crippen molar-refractivity contribution in [2.24, 2.45) is 0 Å². The molecule has 3 nitrogen and oxygen atoms in total. The number of nitrogens with zero attached hydrogens (tertiary/aromatic N) is 2. The summed E-state index contributed by atoms with van der Waals surface area (Å²) < 4.78 is 39.7. The van der Waals surface area contributed by atoms with E-state index in [0.29, 0.717) is 31.0 Å². The summed E-state index contributed by atoms with van der Waals surface area (Å²) in [6.07, 6.45) is 0.987. The summed E-state index contributed by atoms with van der Waals surface area (Å²) in [4.78, 5) is 4.51. The van der Waals surface area contributed by atoms with Crippen molar-refractivity contribution < 1.29 is 18.3 Å². The molecule has 1 aromatic carbocycles. The molecule has 2 atom stereocenters. The number of alkyl halides is 3. The Morgan fingerprint density at radius 1 is 1.22 bits per heavy atom. The van der Waals surface area contributed by atoms with Crippen LogP contribution in [0.25, 0.3) is 0 Å². The SMILES string of the molecule is CN(C)[C@@H]1CCN(CC(c2cccc(C(F)(F)F)c2)C2(O)CCCCC2)C1. The van der Waals surface area contributed by atoms with Crippen molar-refractivity contribution in [3.63, 3.8) is 0 Å². The minimum absolute atomic E-state index is 0.291. The van der Waals surface area contributed by atoms with E-state index in [0.717, 1.165) is 44.8 Å².